The lowest BCUT2D eigenvalue weighted by molar-refractivity contribution is 0.0487. The van der Waals surface area contributed by atoms with Gasteiger partial charge >= 0.3 is 5.97 Å². The highest BCUT2D eigenvalue weighted by molar-refractivity contribution is 6.05. The van der Waals surface area contributed by atoms with Crippen LogP contribution in [0.25, 0.3) is 10.9 Å². The van der Waals surface area contributed by atoms with Gasteiger partial charge in [0.2, 0.25) is 0 Å². The molecule has 1 aliphatic rings. The van der Waals surface area contributed by atoms with Crippen LogP contribution in [0.4, 0.5) is 4.39 Å². The standard InChI is InChI=1S/C22H20FNO3/c23-15-9-11-16(12-10-15)26-13-4-14-27-22(25)21-17-5-1-2-7-19(17)24-20-8-3-6-18(20)21/h1-2,5,7,9-12H,3-4,6,8,13-14H2. The van der Waals surface area contributed by atoms with Crippen LogP contribution in [0.15, 0.2) is 48.5 Å². The topological polar surface area (TPSA) is 48.4 Å². The van der Waals surface area contributed by atoms with Crippen molar-refractivity contribution in [2.45, 2.75) is 25.7 Å². The summed E-state index contributed by atoms with van der Waals surface area (Å²) in [6, 6.07) is 13.6. The Balaban J connectivity index is 1.39. The molecule has 0 radical (unpaired) electrons. The van der Waals surface area contributed by atoms with Gasteiger partial charge in [0.25, 0.3) is 0 Å². The molecule has 2 aromatic carbocycles. The van der Waals surface area contributed by atoms with Crippen LogP contribution in [-0.2, 0) is 17.6 Å². The molecule has 1 aliphatic carbocycles. The number of halogens is 1. The van der Waals surface area contributed by atoms with Gasteiger partial charge < -0.3 is 9.47 Å². The smallest absolute Gasteiger partial charge is 0.339 e. The quantitative estimate of drug-likeness (QED) is 0.477. The van der Waals surface area contributed by atoms with Crippen LogP contribution in [0, 0.1) is 5.82 Å². The number of carbonyl (C=O) groups excluding carboxylic acids is 1. The highest BCUT2D eigenvalue weighted by atomic mass is 19.1. The van der Waals surface area contributed by atoms with E-state index in [4.69, 9.17) is 14.5 Å². The summed E-state index contributed by atoms with van der Waals surface area (Å²) < 4.78 is 23.9. The molecule has 5 heteroatoms. The lowest BCUT2D eigenvalue weighted by Gasteiger charge is -2.12. The molecule has 0 atom stereocenters. The SMILES string of the molecule is O=C(OCCCOc1ccc(F)cc1)c1c2c(nc3ccccc13)CCC2. The third-order valence-electron chi connectivity index (χ3n) is 4.73. The summed E-state index contributed by atoms with van der Waals surface area (Å²) in [5.74, 6) is 0.00240. The monoisotopic (exact) mass is 365 g/mol. The van der Waals surface area contributed by atoms with Crippen molar-refractivity contribution in [2.75, 3.05) is 13.2 Å². The summed E-state index contributed by atoms with van der Waals surface area (Å²) >= 11 is 0. The molecular weight excluding hydrogens is 345 g/mol. The number of para-hydroxylation sites is 1. The molecule has 0 aliphatic heterocycles. The number of carbonyl (C=O) groups is 1. The van der Waals surface area contributed by atoms with Crippen molar-refractivity contribution < 1.29 is 18.7 Å². The van der Waals surface area contributed by atoms with Crippen molar-refractivity contribution in [1.82, 2.24) is 4.98 Å². The maximum atomic E-state index is 12.9. The second-order valence-electron chi connectivity index (χ2n) is 6.57. The van der Waals surface area contributed by atoms with Gasteiger partial charge in [-0.2, -0.15) is 0 Å². The molecule has 0 saturated heterocycles. The Morgan fingerprint density at radius 1 is 1.04 bits per heavy atom. The second kappa shape index (κ2) is 7.74. The Labute approximate surface area is 156 Å². The molecule has 0 spiro atoms. The van der Waals surface area contributed by atoms with Gasteiger partial charge in [0.15, 0.2) is 0 Å². The molecule has 4 rings (SSSR count). The minimum atomic E-state index is -0.298. The molecule has 4 nitrogen and oxygen atoms in total. The van der Waals surface area contributed by atoms with Crippen molar-refractivity contribution >= 4 is 16.9 Å². The van der Waals surface area contributed by atoms with Crippen molar-refractivity contribution in [3.8, 4) is 5.75 Å². The molecule has 138 valence electrons. The molecule has 0 bridgehead atoms. The fraction of sp³-hybridized carbons (Fsp3) is 0.273. The second-order valence-corrected chi connectivity index (χ2v) is 6.57. The minimum absolute atomic E-state index is 0.269. The van der Waals surface area contributed by atoms with Crippen molar-refractivity contribution in [3.05, 3.63) is 71.2 Å². The molecule has 1 aromatic heterocycles. The highest BCUT2D eigenvalue weighted by Gasteiger charge is 2.24. The van der Waals surface area contributed by atoms with E-state index in [1.165, 1.54) is 12.1 Å². The van der Waals surface area contributed by atoms with E-state index in [2.05, 4.69) is 0 Å². The molecular formula is C22H20FNO3. The third-order valence-corrected chi connectivity index (χ3v) is 4.73. The van der Waals surface area contributed by atoms with E-state index in [0.717, 1.165) is 41.4 Å². The molecule has 0 unspecified atom stereocenters. The lowest BCUT2D eigenvalue weighted by Crippen LogP contribution is -2.13. The number of hydrogen-bond donors (Lipinski definition) is 0. The zero-order valence-corrected chi connectivity index (χ0v) is 14.9. The van der Waals surface area contributed by atoms with Gasteiger partial charge in [-0.3, -0.25) is 4.98 Å². The maximum absolute atomic E-state index is 12.9. The van der Waals surface area contributed by atoms with E-state index >= 15 is 0 Å². The van der Waals surface area contributed by atoms with Crippen molar-refractivity contribution in [2.24, 2.45) is 0 Å². The minimum Gasteiger partial charge on any atom is -0.493 e. The largest absolute Gasteiger partial charge is 0.493 e. The number of aryl methyl sites for hydroxylation is 1. The zero-order valence-electron chi connectivity index (χ0n) is 14.9. The Morgan fingerprint density at radius 3 is 2.70 bits per heavy atom. The van der Waals surface area contributed by atoms with Gasteiger partial charge in [0, 0.05) is 17.5 Å². The van der Waals surface area contributed by atoms with Crippen LogP contribution < -0.4 is 4.74 Å². The number of hydrogen-bond acceptors (Lipinski definition) is 4. The number of benzene rings is 2. The molecule has 0 N–H and O–H groups in total. The summed E-state index contributed by atoms with van der Waals surface area (Å²) in [6.45, 7) is 0.666. The molecule has 0 fully saturated rings. The first-order valence-electron chi connectivity index (χ1n) is 9.18. The predicted molar refractivity (Wildman–Crippen MR) is 101 cm³/mol. The summed E-state index contributed by atoms with van der Waals surface area (Å²) in [5.41, 5.74) is 3.54. The number of fused-ring (bicyclic) bond motifs is 2. The number of ether oxygens (including phenoxy) is 2. The van der Waals surface area contributed by atoms with E-state index in [0.29, 0.717) is 24.3 Å². The van der Waals surface area contributed by atoms with Crippen molar-refractivity contribution in [1.29, 1.82) is 0 Å². The first kappa shape index (κ1) is 17.5. The molecule has 27 heavy (non-hydrogen) atoms. The number of aromatic nitrogens is 1. The van der Waals surface area contributed by atoms with Crippen LogP contribution in [0.2, 0.25) is 0 Å². The molecule has 0 amide bonds. The predicted octanol–water partition coefficient (Wildman–Crippen LogP) is 4.49. The summed E-state index contributed by atoms with van der Waals surface area (Å²) in [4.78, 5) is 17.5. The van der Waals surface area contributed by atoms with Crippen LogP contribution >= 0.6 is 0 Å². The van der Waals surface area contributed by atoms with Gasteiger partial charge in [-0.25, -0.2) is 9.18 Å². The molecule has 0 saturated carbocycles. The van der Waals surface area contributed by atoms with E-state index in [1.54, 1.807) is 12.1 Å². The number of rotatable bonds is 6. The third kappa shape index (κ3) is 3.77. The Hall–Kier alpha value is -2.95. The number of pyridine rings is 1. The fourth-order valence-electron chi connectivity index (χ4n) is 3.46. The Bertz CT molecular complexity index is 969. The normalized spacial score (nSPS) is 12.8. The first-order chi connectivity index (χ1) is 13.2. The van der Waals surface area contributed by atoms with Crippen LogP contribution in [0.1, 0.15) is 34.5 Å². The summed E-state index contributed by atoms with van der Waals surface area (Å²) in [6.07, 6.45) is 3.36. The Morgan fingerprint density at radius 2 is 1.85 bits per heavy atom. The Kier molecular flexibility index (Phi) is 5.01. The summed E-state index contributed by atoms with van der Waals surface area (Å²) in [7, 11) is 0. The van der Waals surface area contributed by atoms with E-state index < -0.39 is 0 Å². The van der Waals surface area contributed by atoms with E-state index in [-0.39, 0.29) is 18.4 Å². The first-order valence-corrected chi connectivity index (χ1v) is 9.18. The van der Waals surface area contributed by atoms with E-state index in [1.807, 2.05) is 24.3 Å². The lowest BCUT2D eigenvalue weighted by atomic mass is 10.0. The van der Waals surface area contributed by atoms with Gasteiger partial charge in [-0.1, -0.05) is 18.2 Å². The summed E-state index contributed by atoms with van der Waals surface area (Å²) in [5, 5.41) is 0.853. The average Bonchev–Trinajstić information content (AvgIpc) is 3.15. The highest BCUT2D eigenvalue weighted by Crippen LogP contribution is 2.30. The molecule has 3 aromatic rings. The fourth-order valence-corrected chi connectivity index (χ4v) is 3.46. The number of esters is 1. The maximum Gasteiger partial charge on any atom is 0.339 e. The van der Waals surface area contributed by atoms with Gasteiger partial charge in [0.1, 0.15) is 11.6 Å². The average molecular weight is 365 g/mol. The van der Waals surface area contributed by atoms with E-state index in [9.17, 15) is 9.18 Å². The van der Waals surface area contributed by atoms with Gasteiger partial charge in [-0.05, 0) is 55.2 Å². The van der Waals surface area contributed by atoms with Gasteiger partial charge in [-0.15, -0.1) is 0 Å². The van der Waals surface area contributed by atoms with Crippen molar-refractivity contribution in [3.63, 3.8) is 0 Å². The van der Waals surface area contributed by atoms with Crippen LogP contribution in [0.3, 0.4) is 0 Å². The van der Waals surface area contributed by atoms with Crippen LogP contribution in [0.5, 0.6) is 5.75 Å². The molecule has 1 heterocycles. The van der Waals surface area contributed by atoms with Crippen LogP contribution in [-0.4, -0.2) is 24.2 Å². The zero-order chi connectivity index (χ0) is 18.6. The van der Waals surface area contributed by atoms with Gasteiger partial charge in [0.05, 0.1) is 24.3 Å². The number of nitrogens with zero attached hydrogens (tertiary/aromatic N) is 1.